The number of carbonyl (C=O) groups excluding carboxylic acids is 1. The molecule has 0 N–H and O–H groups in total. The van der Waals surface area contributed by atoms with Crippen molar-refractivity contribution in [2.24, 2.45) is 5.92 Å². The van der Waals surface area contributed by atoms with E-state index in [0.29, 0.717) is 12.5 Å². The number of nitrogens with zero attached hydrogens (tertiary/aromatic N) is 1. The molecule has 1 rings (SSSR count). The van der Waals surface area contributed by atoms with E-state index in [1.165, 1.54) is 0 Å². The maximum Gasteiger partial charge on any atom is 0.228 e. The van der Waals surface area contributed by atoms with Crippen LogP contribution in [-0.4, -0.2) is 44.7 Å². The molecule has 0 saturated carbocycles. The first-order valence-electron chi connectivity index (χ1n) is 7.68. The summed E-state index contributed by atoms with van der Waals surface area (Å²) < 4.78 is 6.19. The van der Waals surface area contributed by atoms with Gasteiger partial charge in [0.1, 0.15) is 0 Å². The molecule has 3 nitrogen and oxygen atoms in total. The lowest BCUT2D eigenvalue weighted by Gasteiger charge is -2.36. The zero-order valence-corrected chi connectivity index (χ0v) is 15.4. The quantitative estimate of drug-likeness (QED) is 0.405. The van der Waals surface area contributed by atoms with E-state index in [-0.39, 0.29) is 16.9 Å². The Morgan fingerprint density at radius 3 is 2.55 bits per heavy atom. The minimum absolute atomic E-state index is 0.0696. The summed E-state index contributed by atoms with van der Waals surface area (Å²) in [6.45, 7) is 13.5. The smallest absolute Gasteiger partial charge is 0.228 e. The van der Waals surface area contributed by atoms with E-state index >= 15 is 0 Å². The van der Waals surface area contributed by atoms with Crippen LogP contribution in [0.2, 0.25) is 18.1 Å². The second-order valence-corrected chi connectivity index (χ2v) is 12.5. The summed E-state index contributed by atoms with van der Waals surface area (Å²) in [4.78, 5) is 14.3. The van der Waals surface area contributed by atoms with Crippen LogP contribution in [0.1, 0.15) is 40.0 Å². The molecule has 0 aromatic rings. The number of carbonyl (C=O) groups is 1. The van der Waals surface area contributed by atoms with Crippen molar-refractivity contribution >= 4 is 25.8 Å². The average molecular weight is 320 g/mol. The minimum atomic E-state index is -1.74. The fourth-order valence-corrected chi connectivity index (χ4v) is 3.34. The fourth-order valence-electron chi connectivity index (χ4n) is 2.10. The zero-order chi connectivity index (χ0) is 15.4. The molecule has 1 aliphatic heterocycles. The number of halogens is 1. The monoisotopic (exact) mass is 319 g/mol. The van der Waals surface area contributed by atoms with Gasteiger partial charge in [-0.25, -0.2) is 0 Å². The van der Waals surface area contributed by atoms with Gasteiger partial charge in [0, 0.05) is 25.6 Å². The number of rotatable bonds is 7. The Kier molecular flexibility index (Phi) is 6.54. The first-order valence-corrected chi connectivity index (χ1v) is 11.1. The van der Waals surface area contributed by atoms with Crippen LogP contribution in [0.25, 0.3) is 0 Å². The molecule has 118 valence electrons. The average Bonchev–Trinajstić information content (AvgIpc) is 2.67. The summed E-state index contributed by atoms with van der Waals surface area (Å²) in [6.07, 6.45) is 2.93. The van der Waals surface area contributed by atoms with Gasteiger partial charge in [-0.05, 0) is 37.4 Å². The third-order valence-corrected chi connectivity index (χ3v) is 9.44. The highest BCUT2D eigenvalue weighted by molar-refractivity contribution is 6.74. The third kappa shape index (κ3) is 4.74. The molecule has 1 amide bonds. The predicted octanol–water partition coefficient (Wildman–Crippen LogP) is 3.88. The molecule has 0 spiro atoms. The van der Waals surface area contributed by atoms with Crippen molar-refractivity contribution in [1.82, 2.24) is 4.90 Å². The molecule has 0 bridgehead atoms. The molecule has 0 aromatic heterocycles. The Balaban J connectivity index is 2.41. The third-order valence-electron chi connectivity index (χ3n) is 4.67. The SMILES string of the molecule is CC(C)(C)[Si](C)(C)OCC1CCN(CCCCCl)C1=O. The topological polar surface area (TPSA) is 29.5 Å². The van der Waals surface area contributed by atoms with Gasteiger partial charge in [-0.2, -0.15) is 0 Å². The predicted molar refractivity (Wildman–Crippen MR) is 87.8 cm³/mol. The van der Waals surface area contributed by atoms with Gasteiger partial charge in [0.15, 0.2) is 8.32 Å². The van der Waals surface area contributed by atoms with Crippen LogP contribution in [0.4, 0.5) is 0 Å². The number of unbranched alkanes of at least 4 members (excludes halogenated alkanes) is 1. The van der Waals surface area contributed by atoms with E-state index in [1.54, 1.807) is 0 Å². The van der Waals surface area contributed by atoms with Crippen LogP contribution < -0.4 is 0 Å². The second kappa shape index (κ2) is 7.28. The molecule has 20 heavy (non-hydrogen) atoms. The summed E-state index contributed by atoms with van der Waals surface area (Å²) in [5, 5.41) is 0.203. The number of amides is 1. The van der Waals surface area contributed by atoms with Crippen LogP contribution in [0.15, 0.2) is 0 Å². The molecular weight excluding hydrogens is 290 g/mol. The molecule has 1 saturated heterocycles. The molecule has 1 unspecified atom stereocenters. The van der Waals surface area contributed by atoms with Gasteiger partial charge in [-0.3, -0.25) is 4.79 Å². The first-order chi connectivity index (χ1) is 9.19. The van der Waals surface area contributed by atoms with Crippen molar-refractivity contribution in [1.29, 1.82) is 0 Å². The number of hydrogen-bond acceptors (Lipinski definition) is 2. The lowest BCUT2D eigenvalue weighted by atomic mass is 10.1. The van der Waals surface area contributed by atoms with Crippen LogP contribution in [0.5, 0.6) is 0 Å². The van der Waals surface area contributed by atoms with E-state index in [9.17, 15) is 4.79 Å². The van der Waals surface area contributed by atoms with E-state index in [1.807, 2.05) is 4.90 Å². The molecule has 0 aliphatic carbocycles. The van der Waals surface area contributed by atoms with E-state index < -0.39 is 8.32 Å². The lowest BCUT2D eigenvalue weighted by molar-refractivity contribution is -0.131. The molecule has 5 heteroatoms. The van der Waals surface area contributed by atoms with Crippen molar-refractivity contribution in [2.45, 2.75) is 58.2 Å². The summed E-state index contributed by atoms with van der Waals surface area (Å²) >= 11 is 5.68. The highest BCUT2D eigenvalue weighted by Gasteiger charge is 2.39. The van der Waals surface area contributed by atoms with Crippen molar-refractivity contribution in [3.8, 4) is 0 Å². The lowest BCUT2D eigenvalue weighted by Crippen LogP contribution is -2.42. The Hall–Kier alpha value is -0.0631. The van der Waals surface area contributed by atoms with Crippen molar-refractivity contribution in [3.63, 3.8) is 0 Å². The molecule has 0 aromatic carbocycles. The van der Waals surface area contributed by atoms with Crippen molar-refractivity contribution in [2.75, 3.05) is 25.6 Å². The van der Waals surface area contributed by atoms with Crippen molar-refractivity contribution in [3.05, 3.63) is 0 Å². The standard InChI is InChI=1S/C15H30ClNO2Si/c1-15(2,3)20(4,5)19-12-13-8-11-17(14(13)18)10-7-6-9-16/h13H,6-12H2,1-5H3. The van der Waals surface area contributed by atoms with Crippen LogP contribution >= 0.6 is 11.6 Å². The van der Waals surface area contributed by atoms with Gasteiger partial charge in [0.05, 0.1) is 5.92 Å². The van der Waals surface area contributed by atoms with Gasteiger partial charge in [-0.1, -0.05) is 20.8 Å². The zero-order valence-electron chi connectivity index (χ0n) is 13.7. The normalized spacial score (nSPS) is 20.8. The van der Waals surface area contributed by atoms with Crippen LogP contribution in [-0.2, 0) is 9.22 Å². The van der Waals surface area contributed by atoms with Crippen LogP contribution in [0, 0.1) is 5.92 Å². The number of hydrogen-bond donors (Lipinski definition) is 0. The maximum absolute atomic E-state index is 12.3. The Morgan fingerprint density at radius 2 is 2.00 bits per heavy atom. The Morgan fingerprint density at radius 1 is 1.35 bits per heavy atom. The van der Waals surface area contributed by atoms with Gasteiger partial charge < -0.3 is 9.33 Å². The van der Waals surface area contributed by atoms with E-state index in [2.05, 4.69) is 33.9 Å². The highest BCUT2D eigenvalue weighted by Crippen LogP contribution is 2.37. The number of likely N-dealkylation sites (tertiary alicyclic amines) is 1. The first kappa shape index (κ1) is 18.0. The van der Waals surface area contributed by atoms with Gasteiger partial charge in [-0.15, -0.1) is 11.6 Å². The molecule has 1 fully saturated rings. The number of alkyl halides is 1. The largest absolute Gasteiger partial charge is 0.416 e. The second-order valence-electron chi connectivity index (χ2n) is 7.28. The fraction of sp³-hybridized carbons (Fsp3) is 0.933. The maximum atomic E-state index is 12.3. The van der Waals surface area contributed by atoms with Crippen molar-refractivity contribution < 1.29 is 9.22 Å². The van der Waals surface area contributed by atoms with Gasteiger partial charge in [0.25, 0.3) is 0 Å². The van der Waals surface area contributed by atoms with Gasteiger partial charge in [0.2, 0.25) is 5.91 Å². The van der Waals surface area contributed by atoms with E-state index in [4.69, 9.17) is 16.0 Å². The summed E-state index contributed by atoms with van der Waals surface area (Å²) in [5.41, 5.74) is 0. The molecule has 1 heterocycles. The van der Waals surface area contributed by atoms with Gasteiger partial charge >= 0.3 is 0 Å². The van der Waals surface area contributed by atoms with E-state index in [0.717, 1.165) is 32.4 Å². The molecule has 1 aliphatic rings. The Bertz CT molecular complexity index is 328. The molecule has 0 radical (unpaired) electrons. The summed E-state index contributed by atoms with van der Waals surface area (Å²) in [6, 6.07) is 0. The Labute approximate surface area is 130 Å². The summed E-state index contributed by atoms with van der Waals surface area (Å²) in [5.74, 6) is 1.03. The highest BCUT2D eigenvalue weighted by atomic mass is 35.5. The molecule has 1 atom stereocenters. The van der Waals surface area contributed by atoms with Crippen LogP contribution in [0.3, 0.4) is 0 Å². The summed E-state index contributed by atoms with van der Waals surface area (Å²) in [7, 11) is -1.74. The minimum Gasteiger partial charge on any atom is -0.416 e. The molecular formula is C15H30ClNO2Si.